The Morgan fingerprint density at radius 2 is 1.76 bits per heavy atom. The number of aliphatic hydroxyl groups is 1. The van der Waals surface area contributed by atoms with Gasteiger partial charge in [-0.1, -0.05) is 6.42 Å². The topological polar surface area (TPSA) is 54.4 Å². The Hall–Kier alpha value is -1.08. The van der Waals surface area contributed by atoms with E-state index >= 15 is 0 Å². The molecule has 3 nitrogen and oxygen atoms in total. The number of halogens is 3. The van der Waals surface area contributed by atoms with Crippen molar-refractivity contribution < 1.29 is 26.7 Å². The van der Waals surface area contributed by atoms with Crippen LogP contribution in [0.3, 0.4) is 0 Å². The van der Waals surface area contributed by atoms with Gasteiger partial charge in [0.1, 0.15) is 9.84 Å². The Kier molecular flexibility index (Phi) is 4.63. The molecule has 0 bridgehead atoms. The number of benzene rings is 1. The Morgan fingerprint density at radius 3 is 2.29 bits per heavy atom. The summed E-state index contributed by atoms with van der Waals surface area (Å²) in [6.07, 6.45) is 1.87. The molecule has 7 heteroatoms. The van der Waals surface area contributed by atoms with Gasteiger partial charge in [-0.15, -0.1) is 0 Å². The molecule has 0 spiro atoms. The molecule has 0 aliphatic heterocycles. The second-order valence-corrected chi connectivity index (χ2v) is 7.95. The van der Waals surface area contributed by atoms with Crippen molar-refractivity contribution >= 4 is 9.84 Å². The van der Waals surface area contributed by atoms with Crippen LogP contribution in [0.15, 0.2) is 12.1 Å². The van der Waals surface area contributed by atoms with E-state index in [1.54, 1.807) is 0 Å². The molecule has 1 aliphatic rings. The minimum Gasteiger partial charge on any atom is -0.388 e. The molecule has 1 aliphatic carbocycles. The van der Waals surface area contributed by atoms with E-state index < -0.39 is 44.6 Å². The van der Waals surface area contributed by atoms with Crippen molar-refractivity contribution in [3.8, 4) is 0 Å². The fourth-order valence-corrected chi connectivity index (χ4v) is 4.07. The summed E-state index contributed by atoms with van der Waals surface area (Å²) in [6.45, 7) is 0. The maximum absolute atomic E-state index is 13.2. The van der Waals surface area contributed by atoms with E-state index in [-0.39, 0.29) is 12.0 Å². The first-order valence-electron chi connectivity index (χ1n) is 6.71. The average molecular weight is 322 g/mol. The van der Waals surface area contributed by atoms with Crippen LogP contribution in [-0.2, 0) is 9.84 Å². The first-order valence-corrected chi connectivity index (χ1v) is 8.67. The number of sulfone groups is 1. The monoisotopic (exact) mass is 322 g/mol. The molecule has 3 unspecified atom stereocenters. The molecule has 1 fully saturated rings. The largest absolute Gasteiger partial charge is 0.388 e. The van der Waals surface area contributed by atoms with Crippen molar-refractivity contribution in [3.05, 3.63) is 35.1 Å². The molecule has 0 amide bonds. The van der Waals surface area contributed by atoms with Gasteiger partial charge >= 0.3 is 0 Å². The third-order valence-electron chi connectivity index (χ3n) is 4.07. The highest BCUT2D eigenvalue weighted by Crippen LogP contribution is 2.37. The minimum atomic E-state index is -3.22. The molecule has 118 valence electrons. The van der Waals surface area contributed by atoms with Crippen LogP contribution in [-0.4, -0.2) is 25.0 Å². The summed E-state index contributed by atoms with van der Waals surface area (Å²) in [6, 6.07) is 1.51. The van der Waals surface area contributed by atoms with Crippen molar-refractivity contribution in [2.24, 2.45) is 5.92 Å². The lowest BCUT2D eigenvalue weighted by Gasteiger charge is -2.31. The predicted molar refractivity (Wildman–Crippen MR) is 71.9 cm³/mol. The van der Waals surface area contributed by atoms with Gasteiger partial charge < -0.3 is 5.11 Å². The fraction of sp³-hybridized carbons (Fsp3) is 0.571. The molecule has 0 heterocycles. The smallest absolute Gasteiger partial charge is 0.194 e. The molecular formula is C14H17F3O3S. The Morgan fingerprint density at radius 1 is 1.19 bits per heavy atom. The molecule has 0 aromatic heterocycles. The van der Waals surface area contributed by atoms with E-state index in [4.69, 9.17) is 0 Å². The highest BCUT2D eigenvalue weighted by molar-refractivity contribution is 7.91. The van der Waals surface area contributed by atoms with Gasteiger partial charge in [0.05, 0.1) is 11.4 Å². The molecule has 1 N–H and O–H groups in total. The van der Waals surface area contributed by atoms with Crippen LogP contribution < -0.4 is 0 Å². The molecule has 3 atom stereocenters. The van der Waals surface area contributed by atoms with Crippen molar-refractivity contribution in [2.75, 3.05) is 6.26 Å². The summed E-state index contributed by atoms with van der Waals surface area (Å²) >= 11 is 0. The highest BCUT2D eigenvalue weighted by atomic mass is 32.2. The molecule has 0 saturated heterocycles. The van der Waals surface area contributed by atoms with Crippen molar-refractivity contribution in [2.45, 2.75) is 37.0 Å². The molecule has 1 aromatic carbocycles. The second kappa shape index (κ2) is 5.96. The van der Waals surface area contributed by atoms with Crippen LogP contribution >= 0.6 is 0 Å². The minimum absolute atomic E-state index is 0.0643. The lowest BCUT2D eigenvalue weighted by molar-refractivity contribution is 0.0849. The molecule has 0 radical (unpaired) electrons. The van der Waals surface area contributed by atoms with Gasteiger partial charge in [-0.3, -0.25) is 0 Å². The van der Waals surface area contributed by atoms with E-state index in [1.807, 2.05) is 0 Å². The summed E-state index contributed by atoms with van der Waals surface area (Å²) < 4.78 is 62.5. The van der Waals surface area contributed by atoms with Gasteiger partial charge in [-0.2, -0.15) is 0 Å². The van der Waals surface area contributed by atoms with E-state index in [0.717, 1.165) is 18.4 Å². The Balaban J connectivity index is 2.22. The van der Waals surface area contributed by atoms with Gasteiger partial charge in [-0.05, 0) is 42.9 Å². The highest BCUT2D eigenvalue weighted by Gasteiger charge is 2.33. The van der Waals surface area contributed by atoms with E-state index in [9.17, 15) is 26.7 Å². The summed E-state index contributed by atoms with van der Waals surface area (Å²) in [5, 5.41) is 9.66. The summed E-state index contributed by atoms with van der Waals surface area (Å²) in [5.74, 6) is -4.72. The number of aliphatic hydroxyl groups excluding tert-OH is 1. The first-order chi connectivity index (χ1) is 9.70. The standard InChI is InChI=1S/C14H17F3O3S/c1-21(19,20)10-4-2-3-8(5-10)14(18)9-6-11(15)13(17)12(16)7-9/h6-8,10,14,18H,2-5H2,1H3. The van der Waals surface area contributed by atoms with Crippen LogP contribution in [0.2, 0.25) is 0 Å². The Bertz CT molecular complexity index is 607. The third-order valence-corrected chi connectivity index (χ3v) is 5.71. The summed E-state index contributed by atoms with van der Waals surface area (Å²) in [7, 11) is -3.22. The molecule has 2 rings (SSSR count). The van der Waals surface area contributed by atoms with Gasteiger partial charge in [0.15, 0.2) is 17.5 Å². The quantitative estimate of drug-likeness (QED) is 0.871. The molecule has 21 heavy (non-hydrogen) atoms. The van der Waals surface area contributed by atoms with E-state index in [2.05, 4.69) is 0 Å². The van der Waals surface area contributed by atoms with Crippen molar-refractivity contribution in [3.63, 3.8) is 0 Å². The first kappa shape index (κ1) is 16.3. The zero-order valence-corrected chi connectivity index (χ0v) is 12.3. The SMILES string of the molecule is CS(=O)(=O)C1CCCC(C(O)c2cc(F)c(F)c(F)c2)C1. The molecular weight excluding hydrogens is 305 g/mol. The van der Waals surface area contributed by atoms with Crippen molar-refractivity contribution in [1.82, 2.24) is 0 Å². The average Bonchev–Trinajstić information content (AvgIpc) is 2.42. The van der Waals surface area contributed by atoms with Gasteiger partial charge in [0, 0.05) is 6.26 Å². The lowest BCUT2D eigenvalue weighted by Crippen LogP contribution is -2.30. The maximum Gasteiger partial charge on any atom is 0.194 e. The van der Waals surface area contributed by atoms with Crippen LogP contribution in [0.1, 0.15) is 37.4 Å². The van der Waals surface area contributed by atoms with Gasteiger partial charge in [-0.25, -0.2) is 21.6 Å². The molecule has 1 aromatic rings. The zero-order valence-electron chi connectivity index (χ0n) is 11.5. The number of hydrogen-bond donors (Lipinski definition) is 1. The number of hydrogen-bond acceptors (Lipinski definition) is 3. The van der Waals surface area contributed by atoms with Crippen LogP contribution in [0.4, 0.5) is 13.2 Å². The Labute approximate surface area is 121 Å². The second-order valence-electron chi connectivity index (χ2n) is 5.62. The van der Waals surface area contributed by atoms with Crippen LogP contribution in [0, 0.1) is 23.4 Å². The van der Waals surface area contributed by atoms with Crippen LogP contribution in [0.25, 0.3) is 0 Å². The zero-order chi connectivity index (χ0) is 15.8. The molecule has 1 saturated carbocycles. The lowest BCUT2D eigenvalue weighted by atomic mass is 9.82. The fourth-order valence-electron chi connectivity index (χ4n) is 2.87. The normalized spacial score (nSPS) is 24.8. The summed E-state index contributed by atoms with van der Waals surface area (Å²) in [5.41, 5.74) is -0.0643. The number of rotatable bonds is 3. The van der Waals surface area contributed by atoms with Gasteiger partial charge in [0.25, 0.3) is 0 Å². The maximum atomic E-state index is 13.2. The van der Waals surface area contributed by atoms with Crippen molar-refractivity contribution in [1.29, 1.82) is 0 Å². The van der Waals surface area contributed by atoms with E-state index in [0.29, 0.717) is 19.3 Å². The predicted octanol–water partition coefficient (Wildman–Crippen LogP) is 2.74. The van der Waals surface area contributed by atoms with Crippen LogP contribution in [0.5, 0.6) is 0 Å². The summed E-state index contributed by atoms with van der Waals surface area (Å²) in [4.78, 5) is 0. The van der Waals surface area contributed by atoms with E-state index in [1.165, 1.54) is 0 Å². The van der Waals surface area contributed by atoms with Gasteiger partial charge in [0.2, 0.25) is 0 Å². The third kappa shape index (κ3) is 3.58.